The Balaban J connectivity index is 1.80. The summed E-state index contributed by atoms with van der Waals surface area (Å²) < 4.78 is 11.1. The maximum Gasteiger partial charge on any atom is 0.156 e. The predicted molar refractivity (Wildman–Crippen MR) is 121 cm³/mol. The van der Waals surface area contributed by atoms with Crippen LogP contribution in [-0.4, -0.2) is 35.4 Å². The molecule has 0 amide bonds. The number of aromatic amines is 1. The number of fused-ring (bicyclic) bond motifs is 4. The number of hydrogen-bond acceptors (Lipinski definition) is 7. The van der Waals surface area contributed by atoms with Crippen LogP contribution in [0.4, 0.5) is 11.5 Å². The van der Waals surface area contributed by atoms with E-state index in [1.54, 1.807) is 13.3 Å². The first kappa shape index (κ1) is 18.9. The maximum absolute atomic E-state index is 9.90. The molecular weight excluding hydrogens is 392 g/mol. The van der Waals surface area contributed by atoms with Gasteiger partial charge in [0.05, 0.1) is 24.0 Å². The molecule has 0 radical (unpaired) electrons. The highest BCUT2D eigenvalue weighted by Crippen LogP contribution is 2.42. The molecule has 0 bridgehead atoms. The van der Waals surface area contributed by atoms with Gasteiger partial charge in [-0.05, 0) is 42.3 Å². The Morgan fingerprint density at radius 3 is 2.94 bits per heavy atom. The Hall–Kier alpha value is -4.09. The van der Waals surface area contributed by atoms with Gasteiger partial charge in [0.1, 0.15) is 23.0 Å². The number of nitrogens with one attached hydrogen (secondary N) is 2. The van der Waals surface area contributed by atoms with Crippen LogP contribution in [0.3, 0.4) is 0 Å². The number of nitrogens with zero attached hydrogens (tertiary/aromatic N) is 3. The number of pyridine rings is 1. The largest absolute Gasteiger partial charge is 0.453 e. The van der Waals surface area contributed by atoms with E-state index in [2.05, 4.69) is 21.6 Å². The third-order valence-corrected chi connectivity index (χ3v) is 5.47. The van der Waals surface area contributed by atoms with Crippen LogP contribution in [0.25, 0.3) is 44.1 Å². The molecular formula is C23H20N6O2. The van der Waals surface area contributed by atoms with E-state index in [1.807, 2.05) is 37.3 Å². The van der Waals surface area contributed by atoms with Crippen LogP contribution < -0.4 is 11.1 Å². The minimum atomic E-state index is 0.305. The molecule has 31 heavy (non-hydrogen) atoms. The van der Waals surface area contributed by atoms with Gasteiger partial charge in [-0.1, -0.05) is 6.07 Å². The molecule has 0 aliphatic heterocycles. The molecule has 0 aliphatic rings. The Labute approximate surface area is 177 Å². The lowest BCUT2D eigenvalue weighted by Gasteiger charge is -2.12. The molecule has 0 spiro atoms. The summed E-state index contributed by atoms with van der Waals surface area (Å²) >= 11 is 0. The number of aromatic nitrogens is 3. The van der Waals surface area contributed by atoms with E-state index in [1.165, 1.54) is 0 Å². The summed E-state index contributed by atoms with van der Waals surface area (Å²) in [4.78, 5) is 4.72. The van der Waals surface area contributed by atoms with Gasteiger partial charge >= 0.3 is 0 Å². The first-order valence-electron chi connectivity index (χ1n) is 9.84. The molecule has 4 N–H and O–H groups in total. The van der Waals surface area contributed by atoms with Crippen molar-refractivity contribution in [2.75, 3.05) is 31.3 Å². The Morgan fingerprint density at radius 1 is 1.26 bits per heavy atom. The molecule has 3 aromatic heterocycles. The van der Waals surface area contributed by atoms with Crippen LogP contribution in [-0.2, 0) is 4.74 Å². The fourth-order valence-electron chi connectivity index (χ4n) is 3.97. The van der Waals surface area contributed by atoms with E-state index >= 15 is 0 Å². The van der Waals surface area contributed by atoms with E-state index < -0.39 is 0 Å². The third kappa shape index (κ3) is 2.95. The highest BCUT2D eigenvalue weighted by molar-refractivity contribution is 6.11. The number of methoxy groups -OCH3 is 1. The number of furan rings is 1. The maximum atomic E-state index is 9.90. The molecule has 0 saturated carbocycles. The second-order valence-electron chi connectivity index (χ2n) is 7.35. The SMILES string of the molecule is COCCNc1ccc2oc3c(C#N)c(N)c(-c4c(C)ccc5[nH]ncc45)cc3c2n1. The summed E-state index contributed by atoms with van der Waals surface area (Å²) in [6, 6.07) is 11.9. The van der Waals surface area contributed by atoms with Crippen molar-refractivity contribution in [1.82, 2.24) is 15.2 Å². The zero-order valence-electron chi connectivity index (χ0n) is 17.1. The molecule has 8 nitrogen and oxygen atoms in total. The van der Waals surface area contributed by atoms with Crippen molar-refractivity contribution in [2.24, 2.45) is 0 Å². The number of nitrogens with two attached hydrogens (primary N) is 1. The van der Waals surface area contributed by atoms with Gasteiger partial charge in [0.2, 0.25) is 0 Å². The second-order valence-corrected chi connectivity index (χ2v) is 7.35. The summed E-state index contributed by atoms with van der Waals surface area (Å²) in [5.74, 6) is 0.706. The first-order chi connectivity index (χ1) is 15.1. The lowest BCUT2D eigenvalue weighted by atomic mass is 9.92. The highest BCUT2D eigenvalue weighted by Gasteiger charge is 2.21. The van der Waals surface area contributed by atoms with Crippen LogP contribution in [0.15, 0.2) is 40.9 Å². The lowest BCUT2D eigenvalue weighted by molar-refractivity contribution is 0.210. The van der Waals surface area contributed by atoms with Crippen LogP contribution >= 0.6 is 0 Å². The van der Waals surface area contributed by atoms with Crippen LogP contribution in [0.2, 0.25) is 0 Å². The number of aryl methyl sites for hydroxylation is 1. The summed E-state index contributed by atoms with van der Waals surface area (Å²) in [7, 11) is 1.65. The highest BCUT2D eigenvalue weighted by atomic mass is 16.5. The van der Waals surface area contributed by atoms with E-state index in [4.69, 9.17) is 19.9 Å². The molecule has 0 atom stereocenters. The molecule has 0 saturated heterocycles. The average molecular weight is 412 g/mol. The minimum Gasteiger partial charge on any atom is -0.453 e. The zero-order valence-corrected chi connectivity index (χ0v) is 17.1. The quantitative estimate of drug-likeness (QED) is 0.289. The smallest absolute Gasteiger partial charge is 0.156 e. The summed E-state index contributed by atoms with van der Waals surface area (Å²) in [6.07, 6.45) is 1.77. The Bertz CT molecular complexity index is 1490. The number of anilines is 2. The van der Waals surface area contributed by atoms with Gasteiger partial charge in [0.25, 0.3) is 0 Å². The minimum absolute atomic E-state index is 0.305. The Kier molecular flexibility index (Phi) is 4.46. The fourth-order valence-corrected chi connectivity index (χ4v) is 3.97. The molecule has 154 valence electrons. The van der Waals surface area contributed by atoms with Crippen LogP contribution in [0.1, 0.15) is 11.1 Å². The molecule has 0 unspecified atom stereocenters. The number of H-pyrrole nitrogens is 1. The van der Waals surface area contributed by atoms with Gasteiger partial charge in [-0.3, -0.25) is 5.10 Å². The topological polar surface area (TPSA) is 126 Å². The number of hydrogen-bond donors (Lipinski definition) is 3. The van der Waals surface area contributed by atoms with Gasteiger partial charge in [-0.15, -0.1) is 0 Å². The molecule has 8 heteroatoms. The van der Waals surface area contributed by atoms with Gasteiger partial charge < -0.3 is 20.2 Å². The van der Waals surface area contributed by atoms with Crippen molar-refractivity contribution in [3.05, 3.63) is 47.7 Å². The molecule has 0 fully saturated rings. The summed E-state index contributed by atoms with van der Waals surface area (Å²) in [5.41, 5.74) is 12.5. The normalized spacial score (nSPS) is 11.4. The number of rotatable bonds is 5. The van der Waals surface area contributed by atoms with Gasteiger partial charge in [-0.25, -0.2) is 4.98 Å². The van der Waals surface area contributed by atoms with Crippen molar-refractivity contribution in [3.8, 4) is 17.2 Å². The van der Waals surface area contributed by atoms with Gasteiger partial charge in [0, 0.05) is 30.0 Å². The van der Waals surface area contributed by atoms with Crippen LogP contribution in [0.5, 0.6) is 0 Å². The monoisotopic (exact) mass is 412 g/mol. The first-order valence-corrected chi connectivity index (χ1v) is 9.84. The number of nitrogen functional groups attached to an aromatic ring is 1. The fraction of sp³-hybridized carbons (Fsp3) is 0.174. The number of nitriles is 1. The zero-order chi connectivity index (χ0) is 21.5. The van der Waals surface area contributed by atoms with E-state index in [-0.39, 0.29) is 0 Å². The van der Waals surface area contributed by atoms with E-state index in [9.17, 15) is 5.26 Å². The third-order valence-electron chi connectivity index (χ3n) is 5.47. The molecule has 3 heterocycles. The van der Waals surface area contributed by atoms with Crippen molar-refractivity contribution in [3.63, 3.8) is 0 Å². The lowest BCUT2D eigenvalue weighted by Crippen LogP contribution is -2.08. The molecule has 5 aromatic rings. The Morgan fingerprint density at radius 2 is 2.13 bits per heavy atom. The van der Waals surface area contributed by atoms with Crippen molar-refractivity contribution >= 4 is 44.5 Å². The van der Waals surface area contributed by atoms with Crippen molar-refractivity contribution in [2.45, 2.75) is 6.92 Å². The molecule has 2 aromatic carbocycles. The standard InChI is InChI=1S/C23H20N6O2/c1-12-3-4-17-16(11-27-29-17)20(12)13-9-14-22-18(31-23(14)15(10-24)21(13)25)5-6-19(28-22)26-7-8-30-2/h3-6,9,11H,7-8,25H2,1-2H3,(H,26,28)(H,27,29). The van der Waals surface area contributed by atoms with Crippen molar-refractivity contribution < 1.29 is 9.15 Å². The molecule has 5 rings (SSSR count). The van der Waals surface area contributed by atoms with Crippen molar-refractivity contribution in [1.29, 1.82) is 5.26 Å². The van der Waals surface area contributed by atoms with Crippen LogP contribution in [0, 0.1) is 18.3 Å². The average Bonchev–Trinajstić information content (AvgIpc) is 3.38. The van der Waals surface area contributed by atoms with Gasteiger partial charge in [-0.2, -0.15) is 10.4 Å². The molecule has 0 aliphatic carbocycles. The van der Waals surface area contributed by atoms with Gasteiger partial charge in [0.15, 0.2) is 11.2 Å². The summed E-state index contributed by atoms with van der Waals surface area (Å²) in [5, 5.41) is 22.0. The second kappa shape index (κ2) is 7.31. The number of ether oxygens (including phenoxy) is 1. The van der Waals surface area contributed by atoms with E-state index in [0.29, 0.717) is 46.9 Å². The van der Waals surface area contributed by atoms with E-state index in [0.717, 1.165) is 33.0 Å². The summed E-state index contributed by atoms with van der Waals surface area (Å²) in [6.45, 7) is 3.22. The predicted octanol–water partition coefficient (Wildman–Crippen LogP) is 4.34. The number of benzene rings is 2.